The van der Waals surface area contributed by atoms with Crippen LogP contribution in [0.4, 0.5) is 0 Å². The lowest BCUT2D eigenvalue weighted by Gasteiger charge is -2.41. The van der Waals surface area contributed by atoms with Crippen LogP contribution in [-0.4, -0.2) is 37.9 Å². The van der Waals surface area contributed by atoms with Gasteiger partial charge in [0.1, 0.15) is 0 Å². The van der Waals surface area contributed by atoms with E-state index in [0.29, 0.717) is 17.7 Å². The third-order valence-corrected chi connectivity index (χ3v) is 7.85. The molecule has 2 aromatic rings. The van der Waals surface area contributed by atoms with Crippen molar-refractivity contribution in [2.45, 2.75) is 52.5 Å². The number of phenolic OH excluding ortho intramolecular Hbond substituents is 4. The van der Waals surface area contributed by atoms with Gasteiger partial charge in [0.2, 0.25) is 11.5 Å². The van der Waals surface area contributed by atoms with E-state index < -0.39 is 23.0 Å². The van der Waals surface area contributed by atoms with E-state index in [4.69, 9.17) is 5.73 Å². The standard InChI is InChI=1S/C35H40N2O4/c1-5-11-23(3)27-14-7-8-15-28(27)30-18-17-26(31-24(4)32(38)34(40)35(41)33(31)39)21-37(30)29-16-9-6-13-25(29)20-22(2)12-10-19-36/h5-15,17-19,23,29,38-41H,16,20-21,36H2,1-4H3/b11-5?,19-10-,22-12-/t23-,29+/m0/s1. The molecule has 0 fully saturated rings. The molecular formula is C35H40N2O4. The highest BCUT2D eigenvalue weighted by atomic mass is 16.3. The number of hydrogen-bond acceptors (Lipinski definition) is 6. The molecule has 0 bridgehead atoms. The summed E-state index contributed by atoms with van der Waals surface area (Å²) in [5, 5.41) is 41.9. The fourth-order valence-electron chi connectivity index (χ4n) is 5.78. The van der Waals surface area contributed by atoms with Gasteiger partial charge in [0.25, 0.3) is 0 Å². The van der Waals surface area contributed by atoms with Crippen molar-refractivity contribution in [1.29, 1.82) is 0 Å². The summed E-state index contributed by atoms with van der Waals surface area (Å²) in [7, 11) is 0. The average molecular weight is 553 g/mol. The van der Waals surface area contributed by atoms with E-state index in [1.54, 1.807) is 6.92 Å². The van der Waals surface area contributed by atoms with Gasteiger partial charge < -0.3 is 31.1 Å². The first kappa shape index (κ1) is 29.4. The predicted molar refractivity (Wildman–Crippen MR) is 167 cm³/mol. The van der Waals surface area contributed by atoms with Crippen molar-refractivity contribution in [3.05, 3.63) is 119 Å². The molecule has 6 heteroatoms. The zero-order chi connectivity index (χ0) is 29.7. The molecule has 4 rings (SSSR count). The molecule has 2 aliphatic rings. The highest BCUT2D eigenvalue weighted by molar-refractivity contribution is 5.86. The Bertz CT molecular complexity index is 1490. The number of hydrogen-bond donors (Lipinski definition) is 5. The van der Waals surface area contributed by atoms with Crippen LogP contribution in [-0.2, 0) is 0 Å². The molecule has 1 heterocycles. The number of rotatable bonds is 8. The fraction of sp³-hybridized carbons (Fsp3) is 0.257. The van der Waals surface area contributed by atoms with Crippen LogP contribution >= 0.6 is 0 Å². The lowest BCUT2D eigenvalue weighted by molar-refractivity contribution is 0.340. The number of allylic oxidation sites excluding steroid dienone is 9. The summed E-state index contributed by atoms with van der Waals surface area (Å²) in [6.07, 6.45) is 21.6. The molecule has 0 radical (unpaired) electrons. The van der Waals surface area contributed by atoms with Crippen LogP contribution in [0.3, 0.4) is 0 Å². The van der Waals surface area contributed by atoms with Gasteiger partial charge in [-0.25, -0.2) is 0 Å². The van der Waals surface area contributed by atoms with E-state index in [1.807, 2.05) is 25.2 Å². The zero-order valence-corrected chi connectivity index (χ0v) is 24.2. The van der Waals surface area contributed by atoms with Crippen LogP contribution in [0.5, 0.6) is 23.0 Å². The number of nitrogens with two attached hydrogens (primary N) is 1. The molecule has 0 spiro atoms. The van der Waals surface area contributed by atoms with Gasteiger partial charge >= 0.3 is 0 Å². The van der Waals surface area contributed by atoms with Gasteiger partial charge in [-0.15, -0.1) is 0 Å². The third kappa shape index (κ3) is 5.97. The first-order valence-electron chi connectivity index (χ1n) is 14.0. The number of phenols is 4. The lowest BCUT2D eigenvalue weighted by Crippen LogP contribution is -2.38. The molecule has 6 nitrogen and oxygen atoms in total. The summed E-state index contributed by atoms with van der Waals surface area (Å²) in [4.78, 5) is 2.35. The second kappa shape index (κ2) is 12.7. The van der Waals surface area contributed by atoms with Crippen LogP contribution in [0.15, 0.2) is 96.3 Å². The minimum Gasteiger partial charge on any atom is -0.504 e. The summed E-state index contributed by atoms with van der Waals surface area (Å²) in [6, 6.07) is 8.44. The topological polar surface area (TPSA) is 110 Å². The molecule has 6 N–H and O–H groups in total. The van der Waals surface area contributed by atoms with E-state index in [2.05, 4.69) is 79.5 Å². The Hall–Kier alpha value is -4.58. The molecular weight excluding hydrogens is 512 g/mol. The van der Waals surface area contributed by atoms with Crippen molar-refractivity contribution >= 4 is 11.3 Å². The van der Waals surface area contributed by atoms with Crippen LogP contribution in [0.25, 0.3) is 11.3 Å². The van der Waals surface area contributed by atoms with Gasteiger partial charge in [0.15, 0.2) is 11.5 Å². The van der Waals surface area contributed by atoms with E-state index in [1.165, 1.54) is 22.9 Å². The Morgan fingerprint density at radius 2 is 1.78 bits per heavy atom. The Kier molecular flexibility index (Phi) is 9.13. The monoisotopic (exact) mass is 552 g/mol. The van der Waals surface area contributed by atoms with Gasteiger partial charge in [-0.05, 0) is 74.6 Å². The van der Waals surface area contributed by atoms with Crippen LogP contribution in [0, 0.1) is 6.92 Å². The zero-order valence-electron chi connectivity index (χ0n) is 24.2. The highest BCUT2D eigenvalue weighted by Crippen LogP contribution is 2.50. The van der Waals surface area contributed by atoms with Gasteiger partial charge in [-0.3, -0.25) is 0 Å². The Morgan fingerprint density at radius 1 is 1.05 bits per heavy atom. The third-order valence-electron chi connectivity index (χ3n) is 7.85. The Labute approximate surface area is 242 Å². The molecule has 0 unspecified atom stereocenters. The van der Waals surface area contributed by atoms with Gasteiger partial charge in [-0.2, -0.15) is 0 Å². The SMILES string of the molecule is CC=C[C@H](C)c1ccccc1C1=CC=C(c2c(C)c(O)c(O)c(O)c2O)CN1[C@@H]1CC=CC=C1C/C(C)=C\C=C/N. The average Bonchev–Trinajstić information content (AvgIpc) is 2.98. The van der Waals surface area contributed by atoms with Crippen molar-refractivity contribution in [1.82, 2.24) is 4.90 Å². The maximum atomic E-state index is 10.9. The smallest absolute Gasteiger partial charge is 0.204 e. The summed E-state index contributed by atoms with van der Waals surface area (Å²) in [5.41, 5.74) is 12.7. The number of aromatic hydroxyl groups is 4. The molecule has 0 saturated heterocycles. The number of benzene rings is 2. The molecule has 2 aromatic carbocycles. The molecule has 1 aliphatic carbocycles. The van der Waals surface area contributed by atoms with E-state index in [9.17, 15) is 20.4 Å². The van der Waals surface area contributed by atoms with Crippen molar-refractivity contribution in [3.63, 3.8) is 0 Å². The molecule has 41 heavy (non-hydrogen) atoms. The normalized spacial score (nSPS) is 18.5. The summed E-state index contributed by atoms with van der Waals surface area (Å²) in [5.74, 6) is -2.15. The Morgan fingerprint density at radius 3 is 2.51 bits per heavy atom. The predicted octanol–water partition coefficient (Wildman–Crippen LogP) is 7.30. The quantitative estimate of drug-likeness (QED) is 0.102. The molecule has 0 amide bonds. The second-order valence-electron chi connectivity index (χ2n) is 10.7. The van der Waals surface area contributed by atoms with E-state index in [-0.39, 0.29) is 12.0 Å². The second-order valence-corrected chi connectivity index (χ2v) is 10.7. The van der Waals surface area contributed by atoms with E-state index in [0.717, 1.165) is 29.7 Å². The Balaban J connectivity index is 1.89. The van der Waals surface area contributed by atoms with Crippen molar-refractivity contribution in [2.24, 2.45) is 5.73 Å². The fourth-order valence-corrected chi connectivity index (χ4v) is 5.78. The van der Waals surface area contributed by atoms with Gasteiger partial charge in [0.05, 0.1) is 6.04 Å². The number of nitrogens with zero attached hydrogens (tertiary/aromatic N) is 1. The van der Waals surface area contributed by atoms with Crippen molar-refractivity contribution in [3.8, 4) is 23.0 Å². The van der Waals surface area contributed by atoms with Gasteiger partial charge in [-0.1, -0.05) is 79.3 Å². The van der Waals surface area contributed by atoms with Crippen molar-refractivity contribution < 1.29 is 20.4 Å². The minimum atomic E-state index is -0.731. The summed E-state index contributed by atoms with van der Waals surface area (Å²) >= 11 is 0. The molecule has 0 saturated carbocycles. The van der Waals surface area contributed by atoms with Crippen LogP contribution < -0.4 is 5.73 Å². The minimum absolute atomic E-state index is 0.0204. The summed E-state index contributed by atoms with van der Waals surface area (Å²) in [6.45, 7) is 8.34. The van der Waals surface area contributed by atoms with Crippen LogP contribution in [0.2, 0.25) is 0 Å². The first-order chi connectivity index (χ1) is 19.7. The molecule has 1 aliphatic heterocycles. The molecule has 214 valence electrons. The van der Waals surface area contributed by atoms with Crippen LogP contribution in [0.1, 0.15) is 61.8 Å². The summed E-state index contributed by atoms with van der Waals surface area (Å²) < 4.78 is 0. The van der Waals surface area contributed by atoms with Gasteiger partial charge in [0, 0.05) is 28.9 Å². The van der Waals surface area contributed by atoms with Crippen molar-refractivity contribution in [2.75, 3.05) is 6.54 Å². The highest BCUT2D eigenvalue weighted by Gasteiger charge is 2.32. The lowest BCUT2D eigenvalue weighted by atomic mass is 9.86. The largest absolute Gasteiger partial charge is 0.504 e. The maximum absolute atomic E-state index is 10.9. The molecule has 0 aromatic heterocycles. The maximum Gasteiger partial charge on any atom is 0.204 e. The van der Waals surface area contributed by atoms with E-state index >= 15 is 0 Å². The first-order valence-corrected chi connectivity index (χ1v) is 14.0. The molecule has 2 atom stereocenters.